The lowest BCUT2D eigenvalue weighted by atomic mass is 10.1. The normalized spacial score (nSPS) is 11.5. The number of hydroxylamine groups is 1. The molecule has 0 saturated heterocycles. The van der Waals surface area contributed by atoms with Gasteiger partial charge in [0.05, 0.1) is 12.6 Å². The second kappa shape index (κ2) is 14.9. The van der Waals surface area contributed by atoms with E-state index in [9.17, 15) is 19.5 Å². The number of carbonyl (C=O) groups excluding carboxylic acids is 3. The molecule has 2 unspecified atom stereocenters. The van der Waals surface area contributed by atoms with Gasteiger partial charge in [-0.3, -0.25) is 19.6 Å². The van der Waals surface area contributed by atoms with Crippen LogP contribution in [-0.4, -0.2) is 46.7 Å². The summed E-state index contributed by atoms with van der Waals surface area (Å²) in [6, 6.07) is 20.1. The quantitative estimate of drug-likeness (QED) is 0.140. The molecule has 9 heteroatoms. The van der Waals surface area contributed by atoms with Crippen molar-refractivity contribution in [3.05, 3.63) is 101 Å². The molecule has 2 atom stereocenters. The second-order valence-corrected chi connectivity index (χ2v) is 8.90. The molecule has 0 heterocycles. The highest BCUT2D eigenvalue weighted by molar-refractivity contribution is 5.97. The van der Waals surface area contributed by atoms with Gasteiger partial charge in [-0.05, 0) is 85.3 Å². The Balaban J connectivity index is 1.48. The maximum absolute atomic E-state index is 12.3. The number of amides is 3. The average molecular weight is 539 g/mol. The lowest BCUT2D eigenvalue weighted by Gasteiger charge is -2.19. The van der Waals surface area contributed by atoms with Crippen LogP contribution < -0.4 is 21.4 Å². The smallest absolute Gasteiger partial charge is 0.268 e. The van der Waals surface area contributed by atoms with Gasteiger partial charge < -0.3 is 21.1 Å². The highest BCUT2D eigenvalue weighted by Gasteiger charge is 2.25. The third-order valence-electron chi connectivity index (χ3n) is 5.82. The molecular formula is C31H30N4O5. The minimum atomic E-state index is -1.30. The van der Waals surface area contributed by atoms with Crippen LogP contribution in [0.2, 0.25) is 0 Å². The first-order valence-electron chi connectivity index (χ1n) is 12.5. The van der Waals surface area contributed by atoms with Gasteiger partial charge in [0, 0.05) is 28.9 Å². The van der Waals surface area contributed by atoms with Crippen molar-refractivity contribution in [3.8, 4) is 23.7 Å². The molecule has 3 amide bonds. The van der Waals surface area contributed by atoms with Crippen LogP contribution in [0.25, 0.3) is 0 Å². The first kappa shape index (κ1) is 29.6. The first-order valence-corrected chi connectivity index (χ1v) is 12.5. The molecule has 3 aromatic rings. The molecular weight excluding hydrogens is 508 g/mol. The van der Waals surface area contributed by atoms with Gasteiger partial charge in [0.25, 0.3) is 11.8 Å². The molecule has 0 aromatic heterocycles. The Morgan fingerprint density at radius 1 is 0.875 bits per heavy atom. The van der Waals surface area contributed by atoms with Crippen LogP contribution in [0.5, 0.6) is 0 Å². The Morgan fingerprint density at radius 2 is 1.48 bits per heavy atom. The van der Waals surface area contributed by atoms with Gasteiger partial charge in [-0.2, -0.15) is 0 Å². The van der Waals surface area contributed by atoms with Gasteiger partial charge in [0.15, 0.2) is 0 Å². The van der Waals surface area contributed by atoms with Crippen molar-refractivity contribution < 1.29 is 24.7 Å². The fourth-order valence-corrected chi connectivity index (χ4v) is 3.57. The largest absolute Gasteiger partial charge is 0.391 e. The molecule has 0 bridgehead atoms. The van der Waals surface area contributed by atoms with E-state index in [-0.39, 0.29) is 18.0 Å². The van der Waals surface area contributed by atoms with Gasteiger partial charge >= 0.3 is 0 Å². The van der Waals surface area contributed by atoms with E-state index >= 15 is 0 Å². The van der Waals surface area contributed by atoms with Crippen LogP contribution in [0.15, 0.2) is 72.8 Å². The summed E-state index contributed by atoms with van der Waals surface area (Å²) < 4.78 is 0. The van der Waals surface area contributed by atoms with E-state index in [2.05, 4.69) is 39.6 Å². The lowest BCUT2D eigenvalue weighted by Crippen LogP contribution is -2.51. The van der Waals surface area contributed by atoms with E-state index in [1.165, 1.54) is 30.1 Å². The third-order valence-corrected chi connectivity index (χ3v) is 5.82. The molecule has 3 rings (SSSR count). The van der Waals surface area contributed by atoms with Crippen LogP contribution in [0.4, 0.5) is 5.69 Å². The van der Waals surface area contributed by atoms with Gasteiger partial charge in [0.2, 0.25) is 5.91 Å². The zero-order valence-electron chi connectivity index (χ0n) is 22.1. The summed E-state index contributed by atoms with van der Waals surface area (Å²) in [5, 5.41) is 26.7. The number of aliphatic hydroxyl groups is 1. The number of anilines is 1. The SMILES string of the molecule is Cc1ccccc1CNCC(=O)Nc1ccc(C#CC#Cc2ccc(C(=O)NC(C(=O)NO)C(C)O)cc2)cc1. The molecule has 0 fully saturated rings. The predicted octanol–water partition coefficient (Wildman–Crippen LogP) is 2.11. The topological polar surface area (TPSA) is 140 Å². The number of rotatable bonds is 9. The summed E-state index contributed by atoms with van der Waals surface area (Å²) in [6.07, 6.45) is -1.20. The third kappa shape index (κ3) is 9.12. The highest BCUT2D eigenvalue weighted by atomic mass is 16.5. The second-order valence-electron chi connectivity index (χ2n) is 8.90. The number of benzene rings is 3. The van der Waals surface area contributed by atoms with Crippen LogP contribution in [0.1, 0.15) is 39.5 Å². The molecule has 9 nitrogen and oxygen atoms in total. The Morgan fingerprint density at radius 3 is 2.05 bits per heavy atom. The van der Waals surface area contributed by atoms with E-state index in [4.69, 9.17) is 5.21 Å². The number of aryl methyl sites for hydroxylation is 1. The maximum atomic E-state index is 12.3. The lowest BCUT2D eigenvalue weighted by molar-refractivity contribution is -0.133. The fourth-order valence-electron chi connectivity index (χ4n) is 3.57. The van der Waals surface area contributed by atoms with Crippen molar-refractivity contribution >= 4 is 23.4 Å². The van der Waals surface area contributed by atoms with Gasteiger partial charge in [-0.15, -0.1) is 0 Å². The Kier molecular flexibility index (Phi) is 11.0. The van der Waals surface area contributed by atoms with Crippen LogP contribution in [0, 0.1) is 30.6 Å². The van der Waals surface area contributed by atoms with E-state index in [0.717, 1.165) is 11.1 Å². The summed E-state index contributed by atoms with van der Waals surface area (Å²) >= 11 is 0. The average Bonchev–Trinajstić information content (AvgIpc) is 2.95. The molecule has 6 N–H and O–H groups in total. The molecule has 0 aliphatic rings. The Hall–Kier alpha value is -4.93. The standard InChI is InChI=1S/C31H30N4O5/c1-21-7-3-6-10-26(21)19-32-20-28(37)33-27-17-13-24(14-18-27)9-5-4-8-23-11-15-25(16-12-23)30(38)34-29(22(2)36)31(39)35-40/h3,6-7,10-18,22,29,32,36,40H,19-20H2,1-2H3,(H,33,37)(H,34,38)(H,35,39). The molecule has 0 saturated carbocycles. The number of hydrogen-bond donors (Lipinski definition) is 6. The Labute approximate surface area is 233 Å². The van der Waals surface area contributed by atoms with Gasteiger partial charge in [0.1, 0.15) is 6.04 Å². The monoisotopic (exact) mass is 538 g/mol. The van der Waals surface area contributed by atoms with Crippen LogP contribution in [-0.2, 0) is 16.1 Å². The summed E-state index contributed by atoms with van der Waals surface area (Å²) in [7, 11) is 0. The minimum absolute atomic E-state index is 0.139. The van der Waals surface area contributed by atoms with Crippen LogP contribution in [0.3, 0.4) is 0 Å². The number of nitrogens with one attached hydrogen (secondary N) is 4. The zero-order chi connectivity index (χ0) is 28.9. The first-order chi connectivity index (χ1) is 19.3. The molecule has 0 spiro atoms. The van der Waals surface area contributed by atoms with E-state index < -0.39 is 24.0 Å². The Bertz CT molecular complexity index is 1460. The van der Waals surface area contributed by atoms with Crippen LogP contribution >= 0.6 is 0 Å². The molecule has 3 aromatic carbocycles. The molecule has 204 valence electrons. The van der Waals surface area contributed by atoms with Crippen molar-refractivity contribution in [1.82, 2.24) is 16.1 Å². The molecule has 40 heavy (non-hydrogen) atoms. The summed E-state index contributed by atoms with van der Waals surface area (Å²) in [4.78, 5) is 36.1. The summed E-state index contributed by atoms with van der Waals surface area (Å²) in [5.41, 5.74) is 6.02. The van der Waals surface area contributed by atoms with Crippen molar-refractivity contribution in [3.63, 3.8) is 0 Å². The van der Waals surface area contributed by atoms with E-state index in [1.807, 2.05) is 31.2 Å². The fraction of sp³-hybridized carbons (Fsp3) is 0.194. The molecule has 0 aliphatic heterocycles. The number of aliphatic hydroxyl groups excluding tert-OH is 1. The van der Waals surface area contributed by atoms with Gasteiger partial charge in [-0.25, -0.2) is 5.48 Å². The zero-order valence-corrected chi connectivity index (χ0v) is 22.1. The highest BCUT2D eigenvalue weighted by Crippen LogP contribution is 2.09. The van der Waals surface area contributed by atoms with E-state index in [0.29, 0.717) is 17.8 Å². The van der Waals surface area contributed by atoms with E-state index in [1.54, 1.807) is 36.4 Å². The number of carbonyl (C=O) groups is 3. The number of hydrogen-bond acceptors (Lipinski definition) is 6. The van der Waals surface area contributed by atoms with Crippen molar-refractivity contribution in [1.29, 1.82) is 0 Å². The van der Waals surface area contributed by atoms with Crippen molar-refractivity contribution in [2.45, 2.75) is 32.5 Å². The minimum Gasteiger partial charge on any atom is -0.391 e. The maximum Gasteiger partial charge on any atom is 0.268 e. The summed E-state index contributed by atoms with van der Waals surface area (Å²) in [5.74, 6) is 9.69. The van der Waals surface area contributed by atoms with Gasteiger partial charge in [-0.1, -0.05) is 36.1 Å². The van der Waals surface area contributed by atoms with Crippen molar-refractivity contribution in [2.75, 3.05) is 11.9 Å². The molecule has 0 aliphatic carbocycles. The summed E-state index contributed by atoms with van der Waals surface area (Å²) in [6.45, 7) is 4.17. The van der Waals surface area contributed by atoms with Crippen molar-refractivity contribution in [2.24, 2.45) is 0 Å². The predicted molar refractivity (Wildman–Crippen MR) is 151 cm³/mol. The molecule has 0 radical (unpaired) electrons.